The van der Waals surface area contributed by atoms with E-state index in [-0.39, 0.29) is 11.7 Å². The van der Waals surface area contributed by atoms with Crippen LogP contribution in [0.4, 0.5) is 4.39 Å². The second kappa shape index (κ2) is 8.70. The van der Waals surface area contributed by atoms with E-state index in [4.69, 9.17) is 4.74 Å². The van der Waals surface area contributed by atoms with Crippen molar-refractivity contribution in [1.29, 1.82) is 0 Å². The molecule has 0 bridgehead atoms. The lowest BCUT2D eigenvalue weighted by atomic mass is 10.1. The molecule has 7 heteroatoms. The average Bonchev–Trinajstić information content (AvgIpc) is 3.50. The summed E-state index contributed by atoms with van der Waals surface area (Å²) in [6.45, 7) is 2.83. The lowest BCUT2D eigenvalue weighted by molar-refractivity contribution is 0.0950. The zero-order valence-electron chi connectivity index (χ0n) is 17.9. The molecular weight excluding hydrogens is 419 g/mol. The fraction of sp³-hybridized carbons (Fsp3) is 0.115. The summed E-state index contributed by atoms with van der Waals surface area (Å²) in [4.78, 5) is 24.7. The first-order valence-electron chi connectivity index (χ1n) is 10.6. The number of allylic oxidation sites excluding steroid dienone is 1. The van der Waals surface area contributed by atoms with Gasteiger partial charge in [0.05, 0.1) is 11.9 Å². The van der Waals surface area contributed by atoms with Crippen LogP contribution in [-0.2, 0) is 6.54 Å². The van der Waals surface area contributed by atoms with Gasteiger partial charge in [-0.25, -0.2) is 9.37 Å². The first kappa shape index (κ1) is 20.6. The molecular formula is C26H21FN4O2. The van der Waals surface area contributed by atoms with Crippen LogP contribution in [0.15, 0.2) is 71.9 Å². The number of aromatic nitrogens is 2. The molecule has 0 saturated carbocycles. The monoisotopic (exact) mass is 440 g/mol. The second-order valence-corrected chi connectivity index (χ2v) is 7.75. The number of hydrogen-bond acceptors (Lipinski definition) is 4. The number of carbonyl (C=O) groups is 1. The Labute approximate surface area is 189 Å². The number of nitrogens with zero attached hydrogens (tertiary/aromatic N) is 2. The van der Waals surface area contributed by atoms with E-state index in [1.54, 1.807) is 36.5 Å². The summed E-state index contributed by atoms with van der Waals surface area (Å²) in [5, 5.41) is 3.73. The number of pyridine rings is 1. The number of aliphatic imine (C=N–C) groups is 1. The fourth-order valence-electron chi connectivity index (χ4n) is 3.75. The normalized spacial score (nSPS) is 12.7. The Morgan fingerprint density at radius 1 is 1.15 bits per heavy atom. The van der Waals surface area contributed by atoms with Crippen molar-refractivity contribution in [3.63, 3.8) is 0 Å². The van der Waals surface area contributed by atoms with E-state index in [9.17, 15) is 9.18 Å². The number of nitrogens with one attached hydrogen (secondary N) is 2. The standard InChI is InChI=1S/C26H21FN4O2/c1-16-20(26(32)30-14-17-5-7-19(27)8-6-17)3-2-4-23(16)33-24-10-12-29-25-21(24)13-22(31-25)18-9-11-28-15-18/h2-10,12-13,15H,11,14H2,1H3,(H,29,31)(H,30,32). The van der Waals surface area contributed by atoms with Gasteiger partial charge in [-0.15, -0.1) is 0 Å². The van der Waals surface area contributed by atoms with Gasteiger partial charge in [-0.3, -0.25) is 9.79 Å². The van der Waals surface area contributed by atoms with Crippen LogP contribution in [-0.4, -0.2) is 28.6 Å². The number of fused-ring (bicyclic) bond motifs is 1. The zero-order chi connectivity index (χ0) is 22.8. The smallest absolute Gasteiger partial charge is 0.251 e. The van der Waals surface area contributed by atoms with E-state index >= 15 is 0 Å². The second-order valence-electron chi connectivity index (χ2n) is 7.75. The highest BCUT2D eigenvalue weighted by Gasteiger charge is 2.16. The summed E-state index contributed by atoms with van der Waals surface area (Å²) in [7, 11) is 0. The molecule has 0 fully saturated rings. The Morgan fingerprint density at radius 3 is 2.79 bits per heavy atom. The van der Waals surface area contributed by atoms with Crippen LogP contribution in [0.2, 0.25) is 0 Å². The molecule has 1 aliphatic heterocycles. The molecule has 0 spiro atoms. The number of benzene rings is 2. The quantitative estimate of drug-likeness (QED) is 0.433. The van der Waals surface area contributed by atoms with E-state index in [2.05, 4.69) is 20.3 Å². The molecule has 164 valence electrons. The molecule has 6 nitrogen and oxygen atoms in total. The van der Waals surface area contributed by atoms with Crippen molar-refractivity contribution in [2.24, 2.45) is 4.99 Å². The molecule has 3 heterocycles. The molecule has 1 aliphatic rings. The number of hydrogen-bond donors (Lipinski definition) is 2. The van der Waals surface area contributed by atoms with E-state index in [0.717, 1.165) is 33.4 Å². The van der Waals surface area contributed by atoms with Gasteiger partial charge in [-0.2, -0.15) is 0 Å². The molecule has 5 rings (SSSR count). The van der Waals surface area contributed by atoms with Crippen LogP contribution in [0.3, 0.4) is 0 Å². The maximum atomic E-state index is 13.1. The Morgan fingerprint density at radius 2 is 2.00 bits per heavy atom. The minimum absolute atomic E-state index is 0.224. The van der Waals surface area contributed by atoms with Crippen molar-refractivity contribution in [2.75, 3.05) is 6.54 Å². The number of ether oxygens (including phenoxy) is 1. The number of halogens is 1. The molecule has 0 radical (unpaired) electrons. The van der Waals surface area contributed by atoms with Crippen molar-refractivity contribution in [2.45, 2.75) is 13.5 Å². The van der Waals surface area contributed by atoms with Gasteiger partial charge >= 0.3 is 0 Å². The van der Waals surface area contributed by atoms with Gasteiger partial charge in [0.15, 0.2) is 0 Å². The van der Waals surface area contributed by atoms with Crippen molar-refractivity contribution in [3.8, 4) is 11.5 Å². The van der Waals surface area contributed by atoms with Gasteiger partial charge in [0.2, 0.25) is 0 Å². The highest BCUT2D eigenvalue weighted by molar-refractivity contribution is 6.12. The third-order valence-electron chi connectivity index (χ3n) is 5.56. The first-order chi connectivity index (χ1) is 16.1. The van der Waals surface area contributed by atoms with Crippen LogP contribution in [0.25, 0.3) is 16.6 Å². The number of rotatable bonds is 6. The van der Waals surface area contributed by atoms with Gasteiger partial charge in [0.1, 0.15) is 23.0 Å². The molecule has 1 amide bonds. The lowest BCUT2D eigenvalue weighted by Gasteiger charge is -2.13. The minimum Gasteiger partial charge on any atom is -0.456 e. The fourth-order valence-corrected chi connectivity index (χ4v) is 3.75. The van der Waals surface area contributed by atoms with Gasteiger partial charge < -0.3 is 15.0 Å². The molecule has 0 aliphatic carbocycles. The molecule has 0 unspecified atom stereocenters. The SMILES string of the molecule is Cc1c(Oc2ccnc3[nH]c(C4=CCN=C4)cc23)cccc1C(=O)NCc1ccc(F)cc1. The van der Waals surface area contributed by atoms with Crippen LogP contribution >= 0.6 is 0 Å². The Bertz CT molecular complexity index is 1400. The van der Waals surface area contributed by atoms with Crippen LogP contribution in [0.5, 0.6) is 11.5 Å². The van der Waals surface area contributed by atoms with Gasteiger partial charge in [0, 0.05) is 41.4 Å². The predicted octanol–water partition coefficient (Wildman–Crippen LogP) is 5.20. The number of aromatic amines is 1. The lowest BCUT2D eigenvalue weighted by Crippen LogP contribution is -2.23. The summed E-state index contributed by atoms with van der Waals surface area (Å²) in [5.74, 6) is 0.698. The molecule has 0 saturated heterocycles. The summed E-state index contributed by atoms with van der Waals surface area (Å²) in [6, 6.07) is 15.2. The molecule has 4 aromatic rings. The predicted molar refractivity (Wildman–Crippen MR) is 126 cm³/mol. The van der Waals surface area contributed by atoms with Crippen molar-refractivity contribution in [3.05, 3.63) is 95.1 Å². The molecule has 2 aromatic carbocycles. The number of carbonyl (C=O) groups excluding carboxylic acids is 1. The van der Waals surface area contributed by atoms with Crippen LogP contribution in [0, 0.1) is 12.7 Å². The minimum atomic E-state index is -0.307. The maximum Gasteiger partial charge on any atom is 0.251 e. The van der Waals surface area contributed by atoms with Crippen molar-refractivity contribution >= 4 is 28.7 Å². The molecule has 2 N–H and O–H groups in total. The van der Waals surface area contributed by atoms with E-state index in [1.165, 1.54) is 12.1 Å². The van der Waals surface area contributed by atoms with Crippen molar-refractivity contribution in [1.82, 2.24) is 15.3 Å². The van der Waals surface area contributed by atoms with Gasteiger partial charge in [-0.05, 0) is 48.9 Å². The molecule has 2 aromatic heterocycles. The highest BCUT2D eigenvalue weighted by atomic mass is 19.1. The van der Waals surface area contributed by atoms with Gasteiger partial charge in [0.25, 0.3) is 5.91 Å². The maximum absolute atomic E-state index is 13.1. The zero-order valence-corrected chi connectivity index (χ0v) is 17.9. The summed E-state index contributed by atoms with van der Waals surface area (Å²) < 4.78 is 19.3. The van der Waals surface area contributed by atoms with Crippen LogP contribution < -0.4 is 10.1 Å². The number of amides is 1. The Hall–Kier alpha value is -4.26. The van der Waals surface area contributed by atoms with Crippen LogP contribution in [0.1, 0.15) is 27.2 Å². The van der Waals surface area contributed by atoms with E-state index in [0.29, 0.717) is 30.2 Å². The number of H-pyrrole nitrogens is 1. The Kier molecular flexibility index (Phi) is 5.44. The summed E-state index contributed by atoms with van der Waals surface area (Å²) >= 11 is 0. The third-order valence-corrected chi connectivity index (χ3v) is 5.56. The summed E-state index contributed by atoms with van der Waals surface area (Å²) in [6.07, 6.45) is 5.57. The topological polar surface area (TPSA) is 79.4 Å². The van der Waals surface area contributed by atoms with Gasteiger partial charge in [-0.1, -0.05) is 24.3 Å². The third kappa shape index (κ3) is 4.25. The molecule has 0 atom stereocenters. The Balaban J connectivity index is 1.38. The first-order valence-corrected chi connectivity index (χ1v) is 10.6. The highest BCUT2D eigenvalue weighted by Crippen LogP contribution is 2.33. The molecule has 33 heavy (non-hydrogen) atoms. The van der Waals surface area contributed by atoms with E-state index in [1.807, 2.05) is 31.3 Å². The summed E-state index contributed by atoms with van der Waals surface area (Å²) in [5.41, 5.74) is 4.73. The van der Waals surface area contributed by atoms with Crippen molar-refractivity contribution < 1.29 is 13.9 Å². The largest absolute Gasteiger partial charge is 0.456 e. The average molecular weight is 440 g/mol. The van der Waals surface area contributed by atoms with E-state index < -0.39 is 0 Å².